The van der Waals surface area contributed by atoms with Crippen molar-refractivity contribution in [3.05, 3.63) is 175 Å². The molecular formula is C55H33N3O. The smallest absolute Gasteiger partial charge is 0.235 e. The van der Waals surface area contributed by atoms with Gasteiger partial charge in [0, 0.05) is 37.9 Å². The number of para-hydroxylation sites is 3. The molecule has 4 heteroatoms. The van der Waals surface area contributed by atoms with Crippen LogP contribution in [0, 0.1) is 0 Å². The van der Waals surface area contributed by atoms with Crippen molar-refractivity contribution in [1.82, 2.24) is 14.5 Å². The van der Waals surface area contributed by atoms with E-state index in [1.54, 1.807) is 0 Å². The third kappa shape index (κ3) is 3.93. The molecule has 3 aromatic heterocycles. The monoisotopic (exact) mass is 751 g/mol. The summed E-state index contributed by atoms with van der Waals surface area (Å²) >= 11 is 0. The second-order valence-electron chi connectivity index (χ2n) is 16.8. The van der Waals surface area contributed by atoms with Gasteiger partial charge in [-0.15, -0.1) is 0 Å². The lowest BCUT2D eigenvalue weighted by Gasteiger charge is -2.22. The zero-order chi connectivity index (χ0) is 38.7. The molecule has 13 aromatic rings. The molecule has 0 bridgehead atoms. The summed E-state index contributed by atoms with van der Waals surface area (Å²) in [5.74, 6) is 0.657. The summed E-state index contributed by atoms with van der Waals surface area (Å²) in [6, 6.07) is 59.5. The van der Waals surface area contributed by atoms with Gasteiger partial charge in [-0.1, -0.05) is 141 Å². The van der Waals surface area contributed by atoms with Gasteiger partial charge < -0.3 is 4.42 Å². The first-order chi connectivity index (χ1) is 29.0. The van der Waals surface area contributed by atoms with Crippen LogP contribution in [0.2, 0.25) is 0 Å². The quantitative estimate of drug-likeness (QED) is 0.130. The Hall–Kier alpha value is -7.56. The standard InChI is InChI=1S/C55H33N3O/c1-55(2)42-21-7-3-13-31(42)32-26-25-30(27-43(32)55)53-35-14-4-8-22-44(35)56-54(57-53)58-45-23-9-5-15-36(45)51-38-19-11-17-33-34-18-12-20-39-50(34)41(40(49(33)38)28-46(51)58)29-48-52(39)37-16-6-10-24-47(37)59-48/h3-29H,1-2H3. The van der Waals surface area contributed by atoms with Crippen molar-refractivity contribution in [2.75, 3.05) is 0 Å². The Morgan fingerprint density at radius 1 is 0.424 bits per heavy atom. The first kappa shape index (κ1) is 31.5. The van der Waals surface area contributed by atoms with Crippen LogP contribution < -0.4 is 0 Å². The first-order valence-corrected chi connectivity index (χ1v) is 20.4. The number of hydrogen-bond acceptors (Lipinski definition) is 3. The van der Waals surface area contributed by atoms with Crippen molar-refractivity contribution >= 4 is 97.7 Å². The topological polar surface area (TPSA) is 43.9 Å². The van der Waals surface area contributed by atoms with Crippen molar-refractivity contribution in [2.24, 2.45) is 0 Å². The number of benzene rings is 10. The van der Waals surface area contributed by atoms with Crippen LogP contribution in [-0.4, -0.2) is 14.5 Å². The van der Waals surface area contributed by atoms with Crippen LogP contribution >= 0.6 is 0 Å². The van der Waals surface area contributed by atoms with E-state index in [9.17, 15) is 0 Å². The van der Waals surface area contributed by atoms with Gasteiger partial charge in [0.15, 0.2) is 0 Å². The van der Waals surface area contributed by atoms with Gasteiger partial charge in [-0.25, -0.2) is 9.97 Å². The highest BCUT2D eigenvalue weighted by molar-refractivity contribution is 6.41. The summed E-state index contributed by atoms with van der Waals surface area (Å²) in [6.07, 6.45) is 0. The minimum absolute atomic E-state index is 0.128. The molecule has 14 rings (SSSR count). The lowest BCUT2D eigenvalue weighted by atomic mass is 9.82. The summed E-state index contributed by atoms with van der Waals surface area (Å²) in [7, 11) is 0. The fraction of sp³-hybridized carbons (Fsp3) is 0.0545. The molecule has 0 saturated heterocycles. The van der Waals surface area contributed by atoms with Gasteiger partial charge in [0.05, 0.1) is 22.2 Å². The Kier molecular flexibility index (Phi) is 5.81. The summed E-state index contributed by atoms with van der Waals surface area (Å²) in [4.78, 5) is 11.0. The molecule has 4 nitrogen and oxygen atoms in total. The maximum Gasteiger partial charge on any atom is 0.235 e. The Bertz CT molecular complexity index is 4000. The normalized spacial score (nSPS) is 13.7. The van der Waals surface area contributed by atoms with Crippen LogP contribution in [0.1, 0.15) is 25.0 Å². The van der Waals surface area contributed by atoms with Gasteiger partial charge in [-0.2, -0.15) is 0 Å². The second-order valence-corrected chi connectivity index (χ2v) is 16.8. The van der Waals surface area contributed by atoms with E-state index in [-0.39, 0.29) is 5.41 Å². The summed E-state index contributed by atoms with van der Waals surface area (Å²) in [5.41, 5.74) is 12.1. The van der Waals surface area contributed by atoms with Crippen molar-refractivity contribution < 1.29 is 4.42 Å². The largest absolute Gasteiger partial charge is 0.456 e. The molecule has 59 heavy (non-hydrogen) atoms. The Labute approximate surface area is 337 Å². The van der Waals surface area contributed by atoms with Crippen LogP contribution in [0.4, 0.5) is 0 Å². The van der Waals surface area contributed by atoms with E-state index >= 15 is 0 Å². The van der Waals surface area contributed by atoms with E-state index in [0.29, 0.717) is 5.95 Å². The zero-order valence-corrected chi connectivity index (χ0v) is 32.3. The first-order valence-electron chi connectivity index (χ1n) is 20.4. The summed E-state index contributed by atoms with van der Waals surface area (Å²) < 4.78 is 8.91. The minimum atomic E-state index is -0.128. The van der Waals surface area contributed by atoms with E-state index in [1.165, 1.54) is 81.5 Å². The third-order valence-corrected chi connectivity index (χ3v) is 13.5. The van der Waals surface area contributed by atoms with Gasteiger partial charge in [-0.3, -0.25) is 4.57 Å². The van der Waals surface area contributed by atoms with Crippen LogP contribution in [0.5, 0.6) is 0 Å². The molecule has 0 atom stereocenters. The van der Waals surface area contributed by atoms with Crippen molar-refractivity contribution in [1.29, 1.82) is 0 Å². The number of furan rings is 1. The zero-order valence-electron chi connectivity index (χ0n) is 32.3. The SMILES string of the molecule is CC1(C)c2ccccc2-c2ccc(-c3nc(-n4c5ccccc5c5c6cccc7c8cccc9c%10c(cc(c(cc54)c76)c89)oc4ccccc4%10)nc4ccccc34)cc21. The van der Waals surface area contributed by atoms with Crippen LogP contribution in [0.25, 0.3) is 126 Å². The van der Waals surface area contributed by atoms with E-state index in [0.717, 1.165) is 49.7 Å². The number of aromatic nitrogens is 3. The molecule has 0 spiro atoms. The molecule has 0 N–H and O–H groups in total. The molecule has 10 aromatic carbocycles. The lowest BCUT2D eigenvalue weighted by molar-refractivity contribution is 0.660. The molecule has 3 heterocycles. The molecule has 1 aliphatic rings. The lowest BCUT2D eigenvalue weighted by Crippen LogP contribution is -2.15. The van der Waals surface area contributed by atoms with Crippen LogP contribution in [-0.2, 0) is 5.41 Å². The predicted molar refractivity (Wildman–Crippen MR) is 245 cm³/mol. The number of rotatable bonds is 2. The Balaban J connectivity index is 1.11. The Morgan fingerprint density at radius 2 is 1.07 bits per heavy atom. The predicted octanol–water partition coefficient (Wildman–Crippen LogP) is 14.7. The average molecular weight is 752 g/mol. The highest BCUT2D eigenvalue weighted by atomic mass is 16.3. The number of hydrogen-bond donors (Lipinski definition) is 0. The van der Waals surface area contributed by atoms with Crippen LogP contribution in [0.15, 0.2) is 168 Å². The van der Waals surface area contributed by atoms with Crippen molar-refractivity contribution in [3.8, 4) is 28.3 Å². The van der Waals surface area contributed by atoms with E-state index < -0.39 is 0 Å². The van der Waals surface area contributed by atoms with E-state index in [4.69, 9.17) is 14.4 Å². The number of nitrogens with zero attached hydrogens (tertiary/aromatic N) is 3. The fourth-order valence-electron chi connectivity index (χ4n) is 11.0. The maximum absolute atomic E-state index is 6.61. The number of fused-ring (bicyclic) bond motifs is 14. The summed E-state index contributed by atoms with van der Waals surface area (Å²) in [5, 5.41) is 15.6. The van der Waals surface area contributed by atoms with Crippen molar-refractivity contribution in [3.63, 3.8) is 0 Å². The molecule has 0 fully saturated rings. The molecular weight excluding hydrogens is 719 g/mol. The van der Waals surface area contributed by atoms with E-state index in [1.807, 2.05) is 6.07 Å². The highest BCUT2D eigenvalue weighted by Gasteiger charge is 2.35. The third-order valence-electron chi connectivity index (χ3n) is 13.5. The fourth-order valence-corrected chi connectivity index (χ4v) is 11.0. The van der Waals surface area contributed by atoms with Crippen molar-refractivity contribution in [2.45, 2.75) is 19.3 Å². The molecule has 0 saturated carbocycles. The molecule has 0 unspecified atom stereocenters. The molecule has 0 radical (unpaired) electrons. The molecule has 1 aliphatic carbocycles. The van der Waals surface area contributed by atoms with Crippen LogP contribution in [0.3, 0.4) is 0 Å². The van der Waals surface area contributed by atoms with Gasteiger partial charge in [0.1, 0.15) is 11.2 Å². The van der Waals surface area contributed by atoms with Gasteiger partial charge in [0.25, 0.3) is 0 Å². The van der Waals surface area contributed by atoms with E-state index in [2.05, 4.69) is 176 Å². The Morgan fingerprint density at radius 3 is 1.92 bits per heavy atom. The second kappa shape index (κ2) is 10.9. The molecule has 0 amide bonds. The van der Waals surface area contributed by atoms with Gasteiger partial charge in [-0.05, 0) is 102 Å². The average Bonchev–Trinajstić information content (AvgIpc) is 3.90. The van der Waals surface area contributed by atoms with Gasteiger partial charge >= 0.3 is 0 Å². The van der Waals surface area contributed by atoms with Gasteiger partial charge in [0.2, 0.25) is 5.95 Å². The molecule has 274 valence electrons. The summed E-state index contributed by atoms with van der Waals surface area (Å²) in [6.45, 7) is 4.67. The maximum atomic E-state index is 6.61. The minimum Gasteiger partial charge on any atom is -0.456 e. The highest BCUT2D eigenvalue weighted by Crippen LogP contribution is 2.51. The molecule has 0 aliphatic heterocycles.